The maximum atomic E-state index is 10.2. The maximum Gasteiger partial charge on any atom is 0.124 e. The van der Waals surface area contributed by atoms with Gasteiger partial charge >= 0.3 is 0 Å². The monoisotopic (exact) mass is 299 g/mol. The Bertz CT molecular complexity index is 966. The lowest BCUT2D eigenvalue weighted by molar-refractivity contribution is 0.481. The van der Waals surface area contributed by atoms with Gasteiger partial charge in [0.2, 0.25) is 0 Å². The predicted molar refractivity (Wildman–Crippen MR) is 95.1 cm³/mol. The van der Waals surface area contributed by atoms with Crippen molar-refractivity contribution in [3.63, 3.8) is 0 Å². The highest BCUT2D eigenvalue weighted by molar-refractivity contribution is 5.93. The van der Waals surface area contributed by atoms with Crippen LogP contribution in [0.15, 0.2) is 78.9 Å². The van der Waals surface area contributed by atoms with Crippen molar-refractivity contribution in [2.24, 2.45) is 0 Å². The molecule has 3 aromatic carbocycles. The Hall–Kier alpha value is -3.00. The average molecular weight is 299 g/mol. The van der Waals surface area contributed by atoms with Crippen molar-refractivity contribution in [1.82, 2.24) is 4.57 Å². The van der Waals surface area contributed by atoms with E-state index in [1.54, 1.807) is 6.07 Å². The highest BCUT2D eigenvalue weighted by atomic mass is 16.3. The van der Waals surface area contributed by atoms with E-state index >= 15 is 0 Å². The summed E-state index contributed by atoms with van der Waals surface area (Å²) in [6, 6.07) is 26.4. The van der Waals surface area contributed by atoms with E-state index in [2.05, 4.69) is 54.0 Å². The quantitative estimate of drug-likeness (QED) is 0.533. The zero-order valence-electron chi connectivity index (χ0n) is 12.9. The number of aromatic hydroxyl groups is 1. The van der Waals surface area contributed by atoms with Crippen LogP contribution in [0.1, 0.15) is 5.56 Å². The van der Waals surface area contributed by atoms with E-state index in [4.69, 9.17) is 0 Å². The van der Waals surface area contributed by atoms with Gasteiger partial charge in [0.05, 0.1) is 11.2 Å². The van der Waals surface area contributed by atoms with Crippen LogP contribution in [0, 0.1) is 6.92 Å². The van der Waals surface area contributed by atoms with Gasteiger partial charge in [-0.15, -0.1) is 0 Å². The lowest BCUT2D eigenvalue weighted by atomic mass is 10.1. The Morgan fingerprint density at radius 3 is 2.26 bits per heavy atom. The third-order valence-electron chi connectivity index (χ3n) is 4.18. The van der Waals surface area contributed by atoms with E-state index in [1.807, 2.05) is 30.3 Å². The second kappa shape index (κ2) is 5.33. The molecule has 0 saturated heterocycles. The van der Waals surface area contributed by atoms with Crippen LogP contribution in [0.25, 0.3) is 27.8 Å². The molecular formula is C21H17NO. The van der Waals surface area contributed by atoms with Crippen LogP contribution in [-0.2, 0) is 0 Å². The van der Waals surface area contributed by atoms with Crippen LogP contribution in [0.5, 0.6) is 5.75 Å². The largest absolute Gasteiger partial charge is 0.507 e. The highest BCUT2D eigenvalue weighted by Gasteiger charge is 2.14. The Labute approximate surface area is 135 Å². The molecule has 2 heteroatoms. The molecule has 0 aliphatic heterocycles. The lowest BCUT2D eigenvalue weighted by Crippen LogP contribution is -1.96. The van der Waals surface area contributed by atoms with Gasteiger partial charge in [-0.2, -0.15) is 0 Å². The molecule has 4 aromatic rings. The third kappa shape index (κ3) is 2.29. The van der Waals surface area contributed by atoms with Crippen LogP contribution < -0.4 is 0 Å². The van der Waals surface area contributed by atoms with E-state index in [9.17, 15) is 5.11 Å². The molecule has 0 unspecified atom stereocenters. The van der Waals surface area contributed by atoms with Gasteiger partial charge < -0.3 is 9.67 Å². The second-order valence-electron chi connectivity index (χ2n) is 5.78. The molecule has 4 rings (SSSR count). The summed E-state index contributed by atoms with van der Waals surface area (Å²) in [5.74, 6) is 0.311. The first-order chi connectivity index (χ1) is 11.2. The molecule has 0 fully saturated rings. The Kier molecular flexibility index (Phi) is 3.16. The van der Waals surface area contributed by atoms with Crippen molar-refractivity contribution >= 4 is 10.9 Å². The minimum absolute atomic E-state index is 0.311. The number of phenolic OH excluding ortho intramolecular Hbond substituents is 1. The van der Waals surface area contributed by atoms with Crippen LogP contribution in [0.2, 0.25) is 0 Å². The molecule has 1 aromatic heterocycles. The first-order valence-corrected chi connectivity index (χ1v) is 7.70. The van der Waals surface area contributed by atoms with Gasteiger partial charge in [0.25, 0.3) is 0 Å². The first-order valence-electron chi connectivity index (χ1n) is 7.70. The zero-order chi connectivity index (χ0) is 15.8. The van der Waals surface area contributed by atoms with Gasteiger partial charge in [0.1, 0.15) is 5.75 Å². The van der Waals surface area contributed by atoms with E-state index in [0.717, 1.165) is 27.8 Å². The molecule has 0 radical (unpaired) electrons. The molecule has 1 N–H and O–H groups in total. The van der Waals surface area contributed by atoms with E-state index < -0.39 is 0 Å². The number of nitrogens with zero attached hydrogens (tertiary/aromatic N) is 1. The molecule has 0 aliphatic carbocycles. The number of aryl methyl sites for hydroxylation is 1. The van der Waals surface area contributed by atoms with Gasteiger partial charge in [0.15, 0.2) is 0 Å². The Balaban J connectivity index is 2.07. The fourth-order valence-electron chi connectivity index (χ4n) is 3.01. The van der Waals surface area contributed by atoms with Crippen LogP contribution in [-0.4, -0.2) is 9.67 Å². The molecule has 23 heavy (non-hydrogen) atoms. The SMILES string of the molecule is Cc1ccc(-n2c(-c3ccccc3)cc3c(O)cccc32)cc1. The number of fused-ring (bicyclic) bond motifs is 1. The Morgan fingerprint density at radius 1 is 0.783 bits per heavy atom. The summed E-state index contributed by atoms with van der Waals surface area (Å²) in [4.78, 5) is 0. The van der Waals surface area contributed by atoms with Crippen molar-refractivity contribution in [3.8, 4) is 22.7 Å². The van der Waals surface area contributed by atoms with Crippen LogP contribution in [0.3, 0.4) is 0 Å². The van der Waals surface area contributed by atoms with E-state index in [0.29, 0.717) is 5.75 Å². The summed E-state index contributed by atoms with van der Waals surface area (Å²) in [6.07, 6.45) is 0. The minimum Gasteiger partial charge on any atom is -0.507 e. The highest BCUT2D eigenvalue weighted by Crippen LogP contribution is 2.35. The summed E-state index contributed by atoms with van der Waals surface area (Å²) in [5.41, 5.74) is 5.53. The molecule has 1 heterocycles. The fourth-order valence-corrected chi connectivity index (χ4v) is 3.01. The molecule has 112 valence electrons. The minimum atomic E-state index is 0.311. The number of aromatic nitrogens is 1. The van der Waals surface area contributed by atoms with Crippen molar-refractivity contribution in [2.75, 3.05) is 0 Å². The molecule has 0 aliphatic rings. The molecule has 0 amide bonds. The van der Waals surface area contributed by atoms with Gasteiger partial charge in [0, 0.05) is 11.1 Å². The summed E-state index contributed by atoms with van der Waals surface area (Å²) in [7, 11) is 0. The standard InChI is InChI=1S/C21H17NO/c1-15-10-12-17(13-11-15)22-19-8-5-9-21(23)18(19)14-20(22)16-6-3-2-4-7-16/h2-14,23H,1H3. The number of phenols is 1. The molecule has 0 bridgehead atoms. The topological polar surface area (TPSA) is 25.2 Å². The molecule has 2 nitrogen and oxygen atoms in total. The second-order valence-corrected chi connectivity index (χ2v) is 5.78. The zero-order valence-corrected chi connectivity index (χ0v) is 12.9. The van der Waals surface area contributed by atoms with Crippen LogP contribution >= 0.6 is 0 Å². The number of hydrogen-bond donors (Lipinski definition) is 1. The Morgan fingerprint density at radius 2 is 1.52 bits per heavy atom. The van der Waals surface area contributed by atoms with Crippen molar-refractivity contribution in [2.45, 2.75) is 6.92 Å². The molecule has 0 atom stereocenters. The van der Waals surface area contributed by atoms with Crippen LogP contribution in [0.4, 0.5) is 0 Å². The third-order valence-corrected chi connectivity index (χ3v) is 4.18. The lowest BCUT2D eigenvalue weighted by Gasteiger charge is -2.11. The smallest absolute Gasteiger partial charge is 0.124 e. The molecule has 0 spiro atoms. The fraction of sp³-hybridized carbons (Fsp3) is 0.0476. The number of hydrogen-bond acceptors (Lipinski definition) is 1. The normalized spacial score (nSPS) is 11.0. The van der Waals surface area contributed by atoms with Gasteiger partial charge in [-0.1, -0.05) is 54.1 Å². The first kappa shape index (κ1) is 13.6. The van der Waals surface area contributed by atoms with Crippen molar-refractivity contribution < 1.29 is 5.11 Å². The van der Waals surface area contributed by atoms with Gasteiger partial charge in [-0.25, -0.2) is 0 Å². The average Bonchev–Trinajstić information content (AvgIpc) is 2.97. The summed E-state index contributed by atoms with van der Waals surface area (Å²) in [5, 5.41) is 11.1. The maximum absolute atomic E-state index is 10.2. The van der Waals surface area contributed by atoms with E-state index in [1.165, 1.54) is 5.56 Å². The van der Waals surface area contributed by atoms with Crippen molar-refractivity contribution in [1.29, 1.82) is 0 Å². The molecular weight excluding hydrogens is 282 g/mol. The number of benzene rings is 3. The molecule has 0 saturated carbocycles. The van der Waals surface area contributed by atoms with Gasteiger partial charge in [-0.05, 0) is 42.8 Å². The predicted octanol–water partition coefficient (Wildman–Crippen LogP) is 5.31. The van der Waals surface area contributed by atoms with Crippen molar-refractivity contribution in [3.05, 3.63) is 84.4 Å². The summed E-state index contributed by atoms with van der Waals surface area (Å²) < 4.78 is 2.20. The number of rotatable bonds is 2. The summed E-state index contributed by atoms with van der Waals surface area (Å²) in [6.45, 7) is 2.08. The van der Waals surface area contributed by atoms with Gasteiger partial charge in [-0.3, -0.25) is 0 Å². The summed E-state index contributed by atoms with van der Waals surface area (Å²) >= 11 is 0. The van der Waals surface area contributed by atoms with E-state index in [-0.39, 0.29) is 0 Å².